The molecule has 2 heterocycles. The summed E-state index contributed by atoms with van der Waals surface area (Å²) >= 11 is 0. The van der Waals surface area contributed by atoms with Gasteiger partial charge in [0.25, 0.3) is 0 Å². The van der Waals surface area contributed by atoms with E-state index in [2.05, 4.69) is 23.8 Å². The van der Waals surface area contributed by atoms with Gasteiger partial charge in [-0.05, 0) is 13.8 Å². The Balaban J connectivity index is 2.25. The Kier molecular flexibility index (Phi) is 2.81. The van der Waals surface area contributed by atoms with Gasteiger partial charge in [0.1, 0.15) is 11.6 Å². The highest BCUT2D eigenvalue weighted by molar-refractivity contribution is 5.48. The van der Waals surface area contributed by atoms with E-state index < -0.39 is 0 Å². The lowest BCUT2D eigenvalue weighted by molar-refractivity contribution is 0.122. The first-order valence-electron chi connectivity index (χ1n) is 5.36. The third kappa shape index (κ3) is 2.07. The van der Waals surface area contributed by atoms with Gasteiger partial charge in [-0.1, -0.05) is 0 Å². The monoisotopic (exact) mass is 210 g/mol. The Morgan fingerprint density at radius 2 is 2.07 bits per heavy atom. The van der Waals surface area contributed by atoms with Crippen molar-refractivity contribution in [2.45, 2.75) is 19.9 Å². The molecule has 0 amide bonds. The molecule has 15 heavy (non-hydrogen) atoms. The quantitative estimate of drug-likeness (QED) is 0.787. The SMILES string of the molecule is CC(C)n1nc(N)cc1N1CCOCC1. The summed E-state index contributed by atoms with van der Waals surface area (Å²) in [5.41, 5.74) is 5.73. The van der Waals surface area contributed by atoms with Crippen LogP contribution in [0.2, 0.25) is 0 Å². The van der Waals surface area contributed by atoms with Crippen molar-refractivity contribution in [3.8, 4) is 0 Å². The van der Waals surface area contributed by atoms with Crippen LogP contribution in [0.5, 0.6) is 0 Å². The second-order valence-corrected chi connectivity index (χ2v) is 4.07. The molecule has 84 valence electrons. The fraction of sp³-hybridized carbons (Fsp3) is 0.700. The van der Waals surface area contributed by atoms with E-state index in [0.29, 0.717) is 11.9 Å². The van der Waals surface area contributed by atoms with Crippen LogP contribution in [0.4, 0.5) is 11.6 Å². The first-order chi connectivity index (χ1) is 7.18. The summed E-state index contributed by atoms with van der Waals surface area (Å²) in [5, 5.41) is 4.30. The Morgan fingerprint density at radius 1 is 1.40 bits per heavy atom. The third-order valence-corrected chi connectivity index (χ3v) is 2.56. The number of rotatable bonds is 2. The minimum absolute atomic E-state index is 0.333. The number of hydrogen-bond donors (Lipinski definition) is 1. The van der Waals surface area contributed by atoms with E-state index in [4.69, 9.17) is 10.5 Å². The fourth-order valence-corrected chi connectivity index (χ4v) is 1.81. The van der Waals surface area contributed by atoms with Crippen molar-refractivity contribution in [3.63, 3.8) is 0 Å². The van der Waals surface area contributed by atoms with Gasteiger partial charge in [-0.2, -0.15) is 5.10 Å². The maximum Gasteiger partial charge on any atom is 0.147 e. The molecule has 2 rings (SSSR count). The zero-order chi connectivity index (χ0) is 10.8. The molecule has 1 aromatic rings. The lowest BCUT2D eigenvalue weighted by atomic mass is 10.3. The minimum atomic E-state index is 0.333. The lowest BCUT2D eigenvalue weighted by Crippen LogP contribution is -2.37. The predicted octanol–water partition coefficient (Wildman–Crippen LogP) is 0.883. The van der Waals surface area contributed by atoms with Crippen LogP contribution in [0.1, 0.15) is 19.9 Å². The Hall–Kier alpha value is -1.23. The second kappa shape index (κ2) is 4.10. The van der Waals surface area contributed by atoms with Crippen LogP contribution >= 0.6 is 0 Å². The number of nitrogens with zero attached hydrogens (tertiary/aromatic N) is 3. The van der Waals surface area contributed by atoms with Gasteiger partial charge in [0.15, 0.2) is 0 Å². The minimum Gasteiger partial charge on any atom is -0.382 e. The second-order valence-electron chi connectivity index (χ2n) is 4.07. The maximum atomic E-state index is 5.73. The normalized spacial score (nSPS) is 17.4. The molecule has 5 nitrogen and oxygen atoms in total. The van der Waals surface area contributed by atoms with Gasteiger partial charge in [0.05, 0.1) is 13.2 Å². The van der Waals surface area contributed by atoms with Crippen molar-refractivity contribution < 1.29 is 4.74 Å². The van der Waals surface area contributed by atoms with E-state index in [-0.39, 0.29) is 0 Å². The highest BCUT2D eigenvalue weighted by Crippen LogP contribution is 2.22. The topological polar surface area (TPSA) is 56.3 Å². The first-order valence-corrected chi connectivity index (χ1v) is 5.36. The number of nitrogen functional groups attached to an aromatic ring is 1. The highest BCUT2D eigenvalue weighted by Gasteiger charge is 2.17. The fourth-order valence-electron chi connectivity index (χ4n) is 1.81. The van der Waals surface area contributed by atoms with E-state index in [1.54, 1.807) is 0 Å². The molecule has 5 heteroatoms. The van der Waals surface area contributed by atoms with E-state index in [9.17, 15) is 0 Å². The van der Waals surface area contributed by atoms with E-state index >= 15 is 0 Å². The number of ether oxygens (including phenoxy) is 1. The largest absolute Gasteiger partial charge is 0.382 e. The Labute approximate surface area is 89.8 Å². The summed E-state index contributed by atoms with van der Waals surface area (Å²) < 4.78 is 7.30. The van der Waals surface area contributed by atoms with Crippen LogP contribution in [0, 0.1) is 0 Å². The van der Waals surface area contributed by atoms with Gasteiger partial charge in [-0.25, -0.2) is 4.68 Å². The highest BCUT2D eigenvalue weighted by atomic mass is 16.5. The Bertz CT molecular complexity index is 328. The summed E-state index contributed by atoms with van der Waals surface area (Å²) in [7, 11) is 0. The van der Waals surface area contributed by atoms with E-state index in [1.165, 1.54) is 0 Å². The standard InChI is InChI=1S/C10H18N4O/c1-8(2)14-10(7-9(11)12-14)13-3-5-15-6-4-13/h7-8H,3-6H2,1-2H3,(H2,11,12). The molecule has 0 unspecified atom stereocenters. The van der Waals surface area contributed by atoms with Crippen LogP contribution in [-0.4, -0.2) is 36.1 Å². The molecular weight excluding hydrogens is 192 g/mol. The molecule has 0 saturated carbocycles. The molecule has 1 fully saturated rings. The first kappa shape index (κ1) is 10.3. The summed E-state index contributed by atoms with van der Waals surface area (Å²) in [6.45, 7) is 7.61. The summed E-state index contributed by atoms with van der Waals surface area (Å²) in [6.07, 6.45) is 0. The van der Waals surface area contributed by atoms with E-state index in [1.807, 2.05) is 10.7 Å². The average molecular weight is 210 g/mol. The molecule has 1 aromatic heterocycles. The smallest absolute Gasteiger partial charge is 0.147 e. The average Bonchev–Trinajstić information content (AvgIpc) is 2.62. The molecule has 2 N–H and O–H groups in total. The van der Waals surface area contributed by atoms with Crippen molar-refractivity contribution in [2.24, 2.45) is 0 Å². The van der Waals surface area contributed by atoms with Crippen molar-refractivity contribution in [1.29, 1.82) is 0 Å². The van der Waals surface area contributed by atoms with Gasteiger partial charge < -0.3 is 15.4 Å². The molecule has 0 aliphatic carbocycles. The van der Waals surface area contributed by atoms with Crippen LogP contribution in [0.15, 0.2) is 6.07 Å². The molecule has 0 spiro atoms. The molecule has 0 aromatic carbocycles. The summed E-state index contributed by atoms with van der Waals surface area (Å²) in [6, 6.07) is 2.27. The number of anilines is 2. The summed E-state index contributed by atoms with van der Waals surface area (Å²) in [4.78, 5) is 2.27. The van der Waals surface area contributed by atoms with Crippen LogP contribution < -0.4 is 10.6 Å². The third-order valence-electron chi connectivity index (χ3n) is 2.56. The van der Waals surface area contributed by atoms with Crippen molar-refractivity contribution in [1.82, 2.24) is 9.78 Å². The van der Waals surface area contributed by atoms with Crippen molar-refractivity contribution in [2.75, 3.05) is 36.9 Å². The maximum absolute atomic E-state index is 5.73. The van der Waals surface area contributed by atoms with Gasteiger partial charge in [0, 0.05) is 25.2 Å². The number of nitrogens with two attached hydrogens (primary N) is 1. The zero-order valence-electron chi connectivity index (χ0n) is 9.31. The van der Waals surface area contributed by atoms with Gasteiger partial charge in [-0.3, -0.25) is 0 Å². The van der Waals surface area contributed by atoms with Gasteiger partial charge in [-0.15, -0.1) is 0 Å². The molecule has 0 bridgehead atoms. The molecule has 1 aliphatic heterocycles. The molecular formula is C10H18N4O. The molecule has 1 aliphatic rings. The molecule has 0 radical (unpaired) electrons. The van der Waals surface area contributed by atoms with Gasteiger partial charge >= 0.3 is 0 Å². The van der Waals surface area contributed by atoms with Crippen LogP contribution in [-0.2, 0) is 4.74 Å². The number of hydrogen-bond acceptors (Lipinski definition) is 4. The number of morpholine rings is 1. The summed E-state index contributed by atoms with van der Waals surface area (Å²) in [5.74, 6) is 1.69. The van der Waals surface area contributed by atoms with Crippen molar-refractivity contribution in [3.05, 3.63) is 6.07 Å². The van der Waals surface area contributed by atoms with Gasteiger partial charge in [0.2, 0.25) is 0 Å². The zero-order valence-corrected chi connectivity index (χ0v) is 9.31. The predicted molar refractivity (Wildman–Crippen MR) is 60.1 cm³/mol. The Morgan fingerprint density at radius 3 is 2.67 bits per heavy atom. The van der Waals surface area contributed by atoms with Crippen LogP contribution in [0.3, 0.4) is 0 Å². The molecule has 1 saturated heterocycles. The lowest BCUT2D eigenvalue weighted by Gasteiger charge is -2.29. The van der Waals surface area contributed by atoms with Crippen molar-refractivity contribution >= 4 is 11.6 Å². The van der Waals surface area contributed by atoms with Crippen LogP contribution in [0.25, 0.3) is 0 Å². The number of aromatic nitrogens is 2. The molecule has 0 atom stereocenters. The van der Waals surface area contributed by atoms with E-state index in [0.717, 1.165) is 32.1 Å².